The molecule has 0 aliphatic carbocycles. The van der Waals surface area contributed by atoms with Gasteiger partial charge in [-0.3, -0.25) is 24.6 Å². The fraction of sp³-hybridized carbons (Fsp3) is 0.174. The fourth-order valence-electron chi connectivity index (χ4n) is 3.74. The smallest absolute Gasteiger partial charge is 0.271 e. The number of rotatable bonds is 4. The zero-order chi connectivity index (χ0) is 23.0. The summed E-state index contributed by atoms with van der Waals surface area (Å²) in [4.78, 5) is 40.2. The summed E-state index contributed by atoms with van der Waals surface area (Å²) in [6.45, 7) is 0. The van der Waals surface area contributed by atoms with Crippen molar-refractivity contribution < 1.29 is 23.8 Å². The molecule has 3 aromatic rings. The first kappa shape index (κ1) is 21.0. The number of methoxy groups -OCH3 is 3. The van der Waals surface area contributed by atoms with Crippen molar-refractivity contribution in [1.82, 2.24) is 10.2 Å². The lowest BCUT2D eigenvalue weighted by Crippen LogP contribution is -2.44. The lowest BCUT2D eigenvalue weighted by Gasteiger charge is -2.25. The van der Waals surface area contributed by atoms with Crippen LogP contribution >= 0.6 is 0 Å². The molecule has 9 heteroatoms. The number of anilines is 1. The van der Waals surface area contributed by atoms with Gasteiger partial charge in [0.25, 0.3) is 11.5 Å². The van der Waals surface area contributed by atoms with Crippen molar-refractivity contribution in [2.45, 2.75) is 0 Å². The first-order valence-electron chi connectivity index (χ1n) is 9.65. The minimum Gasteiger partial charge on any atom is -0.493 e. The van der Waals surface area contributed by atoms with Gasteiger partial charge in [0.05, 0.1) is 37.6 Å². The van der Waals surface area contributed by atoms with Gasteiger partial charge in [0.15, 0.2) is 11.5 Å². The highest BCUT2D eigenvalue weighted by Gasteiger charge is 2.33. The molecule has 0 bridgehead atoms. The zero-order valence-corrected chi connectivity index (χ0v) is 17.9. The molecule has 2 aromatic carbocycles. The summed E-state index contributed by atoms with van der Waals surface area (Å²) < 4.78 is 16.1. The molecule has 164 valence electrons. The monoisotopic (exact) mass is 435 g/mol. The Bertz CT molecular complexity index is 1390. The van der Waals surface area contributed by atoms with E-state index in [1.807, 2.05) is 0 Å². The van der Waals surface area contributed by atoms with E-state index in [-0.39, 0.29) is 16.1 Å². The highest BCUT2D eigenvalue weighted by atomic mass is 16.5. The predicted octanol–water partition coefficient (Wildman–Crippen LogP) is 0.568. The Kier molecular flexibility index (Phi) is 5.31. The number of carbonyl (C=O) groups is 2. The van der Waals surface area contributed by atoms with Crippen molar-refractivity contribution in [3.8, 4) is 17.2 Å². The molecular weight excluding hydrogens is 414 g/mol. The van der Waals surface area contributed by atoms with Crippen LogP contribution in [0.2, 0.25) is 0 Å². The van der Waals surface area contributed by atoms with Crippen LogP contribution in [-0.2, 0) is 4.79 Å². The van der Waals surface area contributed by atoms with E-state index in [1.165, 1.54) is 26.2 Å². The number of fused-ring (bicyclic) bond motifs is 1. The molecule has 0 saturated carbocycles. The summed E-state index contributed by atoms with van der Waals surface area (Å²) in [5, 5.41) is 5.41. The first-order chi connectivity index (χ1) is 15.4. The summed E-state index contributed by atoms with van der Waals surface area (Å²) in [5.74, 6) is 0.234. The van der Waals surface area contributed by atoms with E-state index in [2.05, 4.69) is 10.2 Å². The Hall–Kier alpha value is -4.27. The van der Waals surface area contributed by atoms with E-state index < -0.39 is 17.2 Å². The van der Waals surface area contributed by atoms with Crippen LogP contribution in [0.4, 0.5) is 5.69 Å². The molecule has 0 saturated heterocycles. The van der Waals surface area contributed by atoms with E-state index >= 15 is 0 Å². The molecule has 0 radical (unpaired) electrons. The predicted molar refractivity (Wildman–Crippen MR) is 118 cm³/mol. The third-order valence-corrected chi connectivity index (χ3v) is 5.32. The van der Waals surface area contributed by atoms with Gasteiger partial charge in [0, 0.05) is 12.6 Å². The quantitative estimate of drug-likeness (QED) is 0.619. The number of aromatic amines is 2. The molecule has 9 nitrogen and oxygen atoms in total. The molecule has 4 rings (SSSR count). The number of hydrogen-bond donors (Lipinski definition) is 2. The number of H-pyrrole nitrogens is 2. The van der Waals surface area contributed by atoms with Crippen LogP contribution in [0.1, 0.15) is 15.9 Å². The molecule has 0 spiro atoms. The lowest BCUT2D eigenvalue weighted by atomic mass is 9.95. The average Bonchev–Trinajstić information content (AvgIpc) is 3.16. The number of nitrogens with zero attached hydrogens (tertiary/aromatic N) is 1. The number of para-hydroxylation sites is 1. The normalized spacial score (nSPS) is 15.6. The number of Topliss-reactive ketones (excluding diaryl/α,β-unsaturated/α-hetero) is 1. The number of ketones is 1. The first-order valence-corrected chi connectivity index (χ1v) is 9.65. The average molecular weight is 435 g/mol. The summed E-state index contributed by atoms with van der Waals surface area (Å²) in [6, 6.07) is 10.1. The van der Waals surface area contributed by atoms with Crippen molar-refractivity contribution in [3.63, 3.8) is 0 Å². The van der Waals surface area contributed by atoms with Crippen LogP contribution in [-0.4, -0.2) is 50.3 Å². The minimum absolute atomic E-state index is 0.111. The van der Waals surface area contributed by atoms with Crippen LogP contribution in [0.5, 0.6) is 17.2 Å². The zero-order valence-electron chi connectivity index (χ0n) is 17.9. The highest BCUT2D eigenvalue weighted by molar-refractivity contribution is 6.51. The van der Waals surface area contributed by atoms with Crippen LogP contribution in [0, 0.1) is 0 Å². The Labute approximate surface area is 182 Å². The topological polar surface area (TPSA) is 114 Å². The van der Waals surface area contributed by atoms with Crippen molar-refractivity contribution >= 4 is 29.0 Å². The molecule has 2 N–H and O–H groups in total. The van der Waals surface area contributed by atoms with Crippen molar-refractivity contribution in [3.05, 3.63) is 68.4 Å². The van der Waals surface area contributed by atoms with E-state index in [4.69, 9.17) is 14.2 Å². The maximum atomic E-state index is 13.2. The van der Waals surface area contributed by atoms with Gasteiger partial charge >= 0.3 is 0 Å². The van der Waals surface area contributed by atoms with Gasteiger partial charge in [0.2, 0.25) is 11.5 Å². The largest absolute Gasteiger partial charge is 0.493 e. The second-order valence-electron chi connectivity index (χ2n) is 7.06. The summed E-state index contributed by atoms with van der Waals surface area (Å²) in [5.41, 5.74) is 0.840. The van der Waals surface area contributed by atoms with Crippen LogP contribution < -0.4 is 35.2 Å². The highest BCUT2D eigenvalue weighted by Crippen LogP contribution is 2.38. The Balaban J connectivity index is 2.01. The molecule has 1 aliphatic heterocycles. The molecule has 32 heavy (non-hydrogen) atoms. The van der Waals surface area contributed by atoms with Crippen molar-refractivity contribution in [1.29, 1.82) is 0 Å². The van der Waals surface area contributed by atoms with E-state index in [1.54, 1.807) is 49.5 Å². The summed E-state index contributed by atoms with van der Waals surface area (Å²) >= 11 is 0. The Morgan fingerprint density at radius 1 is 0.906 bits per heavy atom. The van der Waals surface area contributed by atoms with Gasteiger partial charge in [-0.15, -0.1) is 0 Å². The standard InChI is InChI=1S/C23H21N3O6/c1-26-15-8-6-5-7-13(15)20(27)18(23(26)29)19-14(22(28)25-24-19)9-12-10-16(30-2)21(32-4)17(11-12)31-3/h5-11,24H,1-4H3,(H,25,28). The molecule has 1 aromatic heterocycles. The van der Waals surface area contributed by atoms with E-state index in [0.717, 1.165) is 0 Å². The second-order valence-corrected chi connectivity index (χ2v) is 7.06. The third-order valence-electron chi connectivity index (χ3n) is 5.32. The second kappa shape index (κ2) is 8.10. The number of aromatic nitrogens is 2. The summed E-state index contributed by atoms with van der Waals surface area (Å²) in [6.07, 6.45) is 1.54. The van der Waals surface area contributed by atoms with Crippen molar-refractivity contribution in [2.24, 2.45) is 0 Å². The number of hydrogen-bond acceptors (Lipinski definition) is 6. The number of nitrogens with one attached hydrogen (secondary N) is 2. The molecular formula is C23H21N3O6. The van der Waals surface area contributed by atoms with Crippen LogP contribution in [0.3, 0.4) is 0 Å². The van der Waals surface area contributed by atoms with Gasteiger partial charge in [-0.2, -0.15) is 0 Å². The molecule has 1 amide bonds. The maximum Gasteiger partial charge on any atom is 0.271 e. The SMILES string of the molecule is COc1cc(C=c2c(=O)[nH][nH]c2=C2C(=O)c3ccccc3N(C)C2=O)cc(OC)c1OC. The van der Waals surface area contributed by atoms with Gasteiger partial charge < -0.3 is 19.1 Å². The fourth-order valence-corrected chi connectivity index (χ4v) is 3.74. The van der Waals surface area contributed by atoms with E-state index in [9.17, 15) is 14.4 Å². The lowest BCUT2D eigenvalue weighted by molar-refractivity contribution is -0.113. The maximum absolute atomic E-state index is 13.2. The Morgan fingerprint density at radius 2 is 1.56 bits per heavy atom. The van der Waals surface area contributed by atoms with Crippen molar-refractivity contribution in [2.75, 3.05) is 33.3 Å². The molecule has 0 fully saturated rings. The van der Waals surface area contributed by atoms with Gasteiger partial charge in [-0.05, 0) is 35.9 Å². The number of ether oxygens (including phenoxy) is 3. The summed E-state index contributed by atoms with van der Waals surface area (Å²) in [7, 11) is 6.04. The third kappa shape index (κ3) is 3.24. The number of amides is 1. The number of benzene rings is 2. The molecule has 0 atom stereocenters. The minimum atomic E-state index is -0.511. The van der Waals surface area contributed by atoms with E-state index in [0.29, 0.717) is 34.1 Å². The van der Waals surface area contributed by atoms with Gasteiger partial charge in [-0.25, -0.2) is 0 Å². The molecule has 0 unspecified atom stereocenters. The number of carbonyl (C=O) groups excluding carboxylic acids is 2. The van der Waals surface area contributed by atoms with Crippen LogP contribution in [0.15, 0.2) is 41.2 Å². The van der Waals surface area contributed by atoms with Gasteiger partial charge in [0.1, 0.15) is 5.57 Å². The van der Waals surface area contributed by atoms with Gasteiger partial charge in [-0.1, -0.05) is 12.1 Å². The Morgan fingerprint density at radius 3 is 2.19 bits per heavy atom. The van der Waals surface area contributed by atoms with Crippen LogP contribution in [0.25, 0.3) is 11.6 Å². The molecule has 1 aliphatic rings. The molecule has 2 heterocycles.